The minimum Gasteiger partial charge on any atom is -0.347 e. The monoisotopic (exact) mass is 384 g/mol. The van der Waals surface area contributed by atoms with E-state index in [9.17, 15) is 0 Å². The van der Waals surface area contributed by atoms with Gasteiger partial charge >= 0.3 is 0 Å². The molecule has 0 bridgehead atoms. The molecule has 0 aliphatic heterocycles. The van der Waals surface area contributed by atoms with Gasteiger partial charge in [-0.15, -0.1) is 0 Å². The van der Waals surface area contributed by atoms with Gasteiger partial charge in [-0.2, -0.15) is 0 Å². The highest BCUT2D eigenvalue weighted by Crippen LogP contribution is 2.34. The smallest absolute Gasteiger partial charge is 0.0489 e. The molecule has 4 rings (SSSR count). The Morgan fingerprint density at radius 1 is 1.19 bits per heavy atom. The first-order valence-corrected chi connectivity index (χ1v) is 10.6. The Kier molecular flexibility index (Phi) is 5.30. The van der Waals surface area contributed by atoms with Gasteiger partial charge in [0.15, 0.2) is 0 Å². The van der Waals surface area contributed by atoms with Crippen molar-refractivity contribution in [2.24, 2.45) is 5.92 Å². The summed E-state index contributed by atoms with van der Waals surface area (Å²) >= 11 is 8.32. The van der Waals surface area contributed by atoms with Gasteiger partial charge in [-0.25, -0.2) is 0 Å². The van der Waals surface area contributed by atoms with Crippen LogP contribution in [-0.2, 0) is 13.1 Å². The average Bonchev–Trinajstić information content (AvgIpc) is 3.38. The molecule has 1 aliphatic rings. The van der Waals surface area contributed by atoms with Crippen LogP contribution in [0.25, 0.3) is 22.0 Å². The lowest BCUT2D eigenvalue weighted by Crippen LogP contribution is -2.05. The van der Waals surface area contributed by atoms with Gasteiger partial charge in [0.1, 0.15) is 0 Å². The van der Waals surface area contributed by atoms with E-state index in [0.717, 1.165) is 28.9 Å². The maximum absolute atomic E-state index is 6.42. The largest absolute Gasteiger partial charge is 0.347 e. The number of rotatable bonds is 7. The van der Waals surface area contributed by atoms with Gasteiger partial charge in [0, 0.05) is 46.0 Å². The van der Waals surface area contributed by atoms with Crippen molar-refractivity contribution < 1.29 is 0 Å². The van der Waals surface area contributed by atoms with Gasteiger partial charge < -0.3 is 4.57 Å². The quantitative estimate of drug-likeness (QED) is 0.467. The summed E-state index contributed by atoms with van der Waals surface area (Å²) in [5, 5.41) is 2.97. The lowest BCUT2D eigenvalue weighted by Gasteiger charge is -2.10. The molecule has 1 aliphatic carbocycles. The molecule has 3 aromatic rings. The summed E-state index contributed by atoms with van der Waals surface area (Å²) in [5.41, 5.74) is 4.94. The molecule has 1 saturated carbocycles. The van der Waals surface area contributed by atoms with Crippen molar-refractivity contribution in [2.75, 3.05) is 0 Å². The number of benzene rings is 2. The van der Waals surface area contributed by atoms with Gasteiger partial charge in [-0.05, 0) is 42.0 Å². The van der Waals surface area contributed by atoms with Crippen molar-refractivity contribution in [3.8, 4) is 11.1 Å². The zero-order chi connectivity index (χ0) is 18.1. The van der Waals surface area contributed by atoms with Crippen molar-refractivity contribution in [1.82, 2.24) is 9.29 Å². The fraction of sp³-hybridized carbons (Fsp3) is 0.364. The van der Waals surface area contributed by atoms with Crippen molar-refractivity contribution in [2.45, 2.75) is 45.0 Å². The van der Waals surface area contributed by atoms with Gasteiger partial charge in [-0.3, -0.25) is 4.72 Å². The third-order valence-electron chi connectivity index (χ3n) is 4.75. The van der Waals surface area contributed by atoms with E-state index in [1.807, 2.05) is 30.1 Å². The fourth-order valence-corrected chi connectivity index (χ4v) is 4.43. The number of halogens is 1. The molecule has 0 atom stereocenters. The second-order valence-electron chi connectivity index (χ2n) is 7.55. The summed E-state index contributed by atoms with van der Waals surface area (Å²) < 4.78 is 5.96. The first-order chi connectivity index (χ1) is 12.6. The molecule has 4 heteroatoms. The third kappa shape index (κ3) is 3.95. The van der Waals surface area contributed by atoms with Crippen LogP contribution in [0, 0.1) is 5.92 Å². The molecule has 0 unspecified atom stereocenters. The average molecular weight is 385 g/mol. The number of aromatic nitrogens is 1. The van der Waals surface area contributed by atoms with Crippen molar-refractivity contribution >= 4 is 34.5 Å². The van der Waals surface area contributed by atoms with E-state index in [-0.39, 0.29) is 0 Å². The van der Waals surface area contributed by atoms with E-state index in [0.29, 0.717) is 5.92 Å². The first kappa shape index (κ1) is 18.0. The topological polar surface area (TPSA) is 17.0 Å². The summed E-state index contributed by atoms with van der Waals surface area (Å²) in [6.45, 7) is 6.47. The SMILES string of the molecule is CC(C)Cn1cc(CNSC2CC2)c2ccc(-c3ccccc3Cl)cc21. The highest BCUT2D eigenvalue weighted by atomic mass is 35.5. The molecule has 1 fully saturated rings. The maximum atomic E-state index is 6.42. The van der Waals surface area contributed by atoms with Crippen LogP contribution in [0.5, 0.6) is 0 Å². The maximum Gasteiger partial charge on any atom is 0.0489 e. The van der Waals surface area contributed by atoms with Crippen molar-refractivity contribution in [1.29, 1.82) is 0 Å². The predicted molar refractivity (Wildman–Crippen MR) is 115 cm³/mol. The molecule has 0 saturated heterocycles. The molecule has 2 nitrogen and oxygen atoms in total. The van der Waals surface area contributed by atoms with Crippen molar-refractivity contribution in [3.05, 3.63) is 59.2 Å². The normalized spacial score (nSPS) is 14.5. The fourth-order valence-electron chi connectivity index (χ4n) is 3.34. The Balaban J connectivity index is 1.70. The zero-order valence-electron chi connectivity index (χ0n) is 15.3. The number of hydrogen-bond donors (Lipinski definition) is 1. The molecule has 26 heavy (non-hydrogen) atoms. The van der Waals surface area contributed by atoms with Crippen LogP contribution < -0.4 is 4.72 Å². The Hall–Kier alpha value is -1.42. The molecular weight excluding hydrogens is 360 g/mol. The van der Waals surface area contributed by atoms with E-state index < -0.39 is 0 Å². The third-order valence-corrected chi connectivity index (χ3v) is 6.19. The molecule has 1 aromatic heterocycles. The van der Waals surface area contributed by atoms with Crippen LogP contribution in [0.1, 0.15) is 32.3 Å². The highest BCUT2D eigenvalue weighted by molar-refractivity contribution is 7.98. The minimum atomic E-state index is 0.608. The van der Waals surface area contributed by atoms with E-state index >= 15 is 0 Å². The summed E-state index contributed by atoms with van der Waals surface area (Å²) in [7, 11) is 0. The van der Waals surface area contributed by atoms with Gasteiger partial charge in [0.2, 0.25) is 0 Å². The number of fused-ring (bicyclic) bond motifs is 1. The first-order valence-electron chi connectivity index (χ1n) is 9.37. The highest BCUT2D eigenvalue weighted by Gasteiger charge is 2.22. The Morgan fingerprint density at radius 3 is 2.73 bits per heavy atom. The lowest BCUT2D eigenvalue weighted by atomic mass is 10.0. The summed E-state index contributed by atoms with van der Waals surface area (Å²) in [6.07, 6.45) is 5.03. The lowest BCUT2D eigenvalue weighted by molar-refractivity contribution is 0.534. The van der Waals surface area contributed by atoms with Gasteiger partial charge in [-0.1, -0.05) is 67.7 Å². The summed E-state index contributed by atoms with van der Waals surface area (Å²) in [4.78, 5) is 0. The van der Waals surface area contributed by atoms with E-state index in [1.54, 1.807) is 0 Å². The Bertz CT molecular complexity index is 912. The van der Waals surface area contributed by atoms with Crippen LogP contribution in [-0.4, -0.2) is 9.82 Å². The molecule has 136 valence electrons. The van der Waals surface area contributed by atoms with Crippen LogP contribution in [0.2, 0.25) is 5.02 Å². The molecular formula is C22H25ClN2S. The number of nitrogens with one attached hydrogen (secondary N) is 1. The summed E-state index contributed by atoms with van der Waals surface area (Å²) in [6, 6.07) is 14.8. The number of nitrogens with zero attached hydrogens (tertiary/aromatic N) is 1. The van der Waals surface area contributed by atoms with E-state index in [1.165, 1.54) is 34.9 Å². The molecule has 2 aromatic carbocycles. The molecule has 1 N–H and O–H groups in total. The molecule has 1 heterocycles. The standard InChI is InChI=1S/C22H25ClN2S/c1-15(2)13-25-14-17(12-24-26-18-8-9-18)20-10-7-16(11-22(20)25)19-5-3-4-6-21(19)23/h3-7,10-11,14-15,18,24H,8-9,12-13H2,1-2H3. The van der Waals surface area contributed by atoms with E-state index in [2.05, 4.69) is 53.6 Å². The second kappa shape index (κ2) is 7.67. The van der Waals surface area contributed by atoms with E-state index in [4.69, 9.17) is 11.6 Å². The van der Waals surface area contributed by atoms with Crippen LogP contribution >= 0.6 is 23.5 Å². The molecule has 0 spiro atoms. The Labute approximate surface area is 165 Å². The number of hydrogen-bond acceptors (Lipinski definition) is 2. The van der Waals surface area contributed by atoms with Crippen LogP contribution in [0.15, 0.2) is 48.7 Å². The Morgan fingerprint density at radius 2 is 2.00 bits per heavy atom. The predicted octanol–water partition coefficient (Wildman–Crippen LogP) is 6.52. The summed E-state index contributed by atoms with van der Waals surface area (Å²) in [5.74, 6) is 0.608. The van der Waals surface area contributed by atoms with Crippen LogP contribution in [0.3, 0.4) is 0 Å². The van der Waals surface area contributed by atoms with Gasteiger partial charge in [0.25, 0.3) is 0 Å². The van der Waals surface area contributed by atoms with Crippen molar-refractivity contribution in [3.63, 3.8) is 0 Å². The second-order valence-corrected chi connectivity index (χ2v) is 9.15. The zero-order valence-corrected chi connectivity index (χ0v) is 16.9. The molecule has 0 amide bonds. The minimum absolute atomic E-state index is 0.608. The van der Waals surface area contributed by atoms with Gasteiger partial charge in [0.05, 0.1) is 0 Å². The molecule has 0 radical (unpaired) electrons. The van der Waals surface area contributed by atoms with Crippen LogP contribution in [0.4, 0.5) is 0 Å².